The second kappa shape index (κ2) is 5.36. The molecule has 0 saturated carbocycles. The fourth-order valence-electron chi connectivity index (χ4n) is 5.82. The number of aromatic hydroxyl groups is 1. The van der Waals surface area contributed by atoms with Crippen LogP contribution in [-0.4, -0.2) is 40.7 Å². The molecule has 1 aliphatic carbocycles. The van der Waals surface area contributed by atoms with Gasteiger partial charge < -0.3 is 14.4 Å². The number of methoxy groups -OCH3 is 1. The minimum atomic E-state index is -0.157. The van der Waals surface area contributed by atoms with E-state index in [0.717, 1.165) is 30.4 Å². The molecule has 5 aliphatic rings. The molecule has 5 atom stereocenters. The number of fused-ring (bicyclic) bond motifs is 2. The van der Waals surface area contributed by atoms with Crippen LogP contribution >= 0.6 is 0 Å². The van der Waals surface area contributed by atoms with E-state index < -0.39 is 0 Å². The van der Waals surface area contributed by atoms with Gasteiger partial charge in [-0.2, -0.15) is 0 Å². The second-order valence-electron chi connectivity index (χ2n) is 7.87. The molecule has 5 heterocycles. The van der Waals surface area contributed by atoms with Crippen molar-refractivity contribution in [1.82, 2.24) is 9.47 Å². The number of aryl methyl sites for hydroxylation is 1. The van der Waals surface area contributed by atoms with E-state index in [4.69, 9.17) is 4.74 Å². The van der Waals surface area contributed by atoms with Crippen LogP contribution in [-0.2, 0) is 16.6 Å². The Morgan fingerprint density at radius 2 is 2.15 bits per heavy atom. The number of ether oxygens (including phenoxy) is 1. The number of phenolic OH excluding ortho intramolecular Hbond substituents is 1. The van der Waals surface area contributed by atoms with Gasteiger partial charge in [-0.1, -0.05) is 11.6 Å². The molecular weight excluding hydrogens is 328 g/mol. The topological polar surface area (TPSA) is 54.7 Å². The first kappa shape index (κ1) is 15.9. The molecule has 4 aliphatic heterocycles. The zero-order valence-electron chi connectivity index (χ0n) is 15.4. The lowest BCUT2D eigenvalue weighted by atomic mass is 9.76. The Morgan fingerprint density at radius 1 is 1.35 bits per heavy atom. The Kier molecular flexibility index (Phi) is 3.29. The van der Waals surface area contributed by atoms with Crippen molar-refractivity contribution in [1.29, 1.82) is 0 Å². The summed E-state index contributed by atoms with van der Waals surface area (Å²) in [6.45, 7) is 3.88. The van der Waals surface area contributed by atoms with Crippen molar-refractivity contribution < 1.29 is 14.6 Å². The van der Waals surface area contributed by atoms with Crippen molar-refractivity contribution in [3.8, 4) is 5.75 Å². The van der Waals surface area contributed by atoms with Gasteiger partial charge in [0.05, 0.1) is 19.1 Å². The van der Waals surface area contributed by atoms with Crippen molar-refractivity contribution in [2.24, 2.45) is 18.9 Å². The van der Waals surface area contributed by atoms with Crippen LogP contribution < -0.4 is 0 Å². The summed E-state index contributed by atoms with van der Waals surface area (Å²) < 4.78 is 7.53. The number of carbonyl (C=O) groups is 1. The third-order valence-electron chi connectivity index (χ3n) is 6.88. The first-order valence-corrected chi connectivity index (χ1v) is 9.33. The fraction of sp³-hybridized carbons (Fsp3) is 0.476. The fourth-order valence-corrected chi connectivity index (χ4v) is 5.82. The van der Waals surface area contributed by atoms with Crippen LogP contribution in [0.4, 0.5) is 0 Å². The molecule has 0 radical (unpaired) electrons. The molecule has 1 unspecified atom stereocenters. The van der Waals surface area contributed by atoms with Gasteiger partial charge in [0.15, 0.2) is 0 Å². The van der Waals surface area contributed by atoms with Gasteiger partial charge in [0.2, 0.25) is 0 Å². The normalized spacial score (nSPS) is 33.5. The molecule has 2 aromatic rings. The number of aromatic nitrogens is 1. The number of phenols is 1. The maximum absolute atomic E-state index is 12.9. The summed E-state index contributed by atoms with van der Waals surface area (Å²) in [6.07, 6.45) is 3.14. The number of carbonyl (C=O) groups excluding carboxylic acids is 1. The highest BCUT2D eigenvalue weighted by Gasteiger charge is 2.54. The minimum Gasteiger partial charge on any atom is -0.508 e. The molecule has 4 bridgehead atoms. The van der Waals surface area contributed by atoms with Gasteiger partial charge >= 0.3 is 5.97 Å². The highest BCUT2D eigenvalue weighted by atomic mass is 16.5. The van der Waals surface area contributed by atoms with Crippen LogP contribution in [0.25, 0.3) is 10.9 Å². The Balaban J connectivity index is 1.81. The van der Waals surface area contributed by atoms with Crippen molar-refractivity contribution in [2.75, 3.05) is 20.2 Å². The van der Waals surface area contributed by atoms with Gasteiger partial charge in [0.25, 0.3) is 0 Å². The molecule has 136 valence electrons. The van der Waals surface area contributed by atoms with E-state index in [9.17, 15) is 9.90 Å². The average molecular weight is 352 g/mol. The highest BCUT2D eigenvalue weighted by Crippen LogP contribution is 2.57. The van der Waals surface area contributed by atoms with Crippen molar-refractivity contribution in [3.05, 3.63) is 41.1 Å². The molecule has 5 nitrogen and oxygen atoms in total. The van der Waals surface area contributed by atoms with Gasteiger partial charge in [-0.25, -0.2) is 0 Å². The minimum absolute atomic E-state index is 0.101. The maximum atomic E-state index is 12.9. The Hall–Kier alpha value is -2.27. The number of allylic oxidation sites excluding steroid dienone is 1. The molecular formula is C21H24N2O3. The average Bonchev–Trinajstić information content (AvgIpc) is 2.78. The first-order valence-electron chi connectivity index (χ1n) is 9.33. The monoisotopic (exact) mass is 352 g/mol. The first-order chi connectivity index (χ1) is 12.5. The van der Waals surface area contributed by atoms with E-state index in [-0.39, 0.29) is 29.5 Å². The van der Waals surface area contributed by atoms with E-state index in [1.807, 2.05) is 12.1 Å². The predicted octanol–water partition coefficient (Wildman–Crippen LogP) is 3.09. The maximum Gasteiger partial charge on any atom is 0.309 e. The Morgan fingerprint density at radius 3 is 2.88 bits per heavy atom. The van der Waals surface area contributed by atoms with Crippen molar-refractivity contribution in [2.45, 2.75) is 25.3 Å². The third kappa shape index (κ3) is 1.87. The second-order valence-corrected chi connectivity index (χ2v) is 7.87. The van der Waals surface area contributed by atoms with Gasteiger partial charge in [-0.05, 0) is 43.0 Å². The number of hydrogen-bond acceptors (Lipinski definition) is 4. The zero-order valence-corrected chi connectivity index (χ0v) is 15.4. The molecule has 1 aromatic heterocycles. The van der Waals surface area contributed by atoms with Crippen LogP contribution in [0.5, 0.6) is 5.75 Å². The summed E-state index contributed by atoms with van der Waals surface area (Å²) in [7, 11) is 3.61. The van der Waals surface area contributed by atoms with Crippen molar-refractivity contribution >= 4 is 16.9 Å². The molecule has 7 rings (SSSR count). The molecule has 1 aromatic carbocycles. The Labute approximate surface area is 152 Å². The number of benzene rings is 1. The molecule has 5 heteroatoms. The Bertz CT molecular complexity index is 958. The van der Waals surface area contributed by atoms with E-state index in [1.165, 1.54) is 23.9 Å². The van der Waals surface area contributed by atoms with Crippen LogP contribution in [0.1, 0.15) is 36.6 Å². The van der Waals surface area contributed by atoms with Gasteiger partial charge in [-0.3, -0.25) is 9.69 Å². The number of piperidine rings is 1. The summed E-state index contributed by atoms with van der Waals surface area (Å²) in [6, 6.07) is 5.91. The lowest BCUT2D eigenvalue weighted by Crippen LogP contribution is -2.40. The summed E-state index contributed by atoms with van der Waals surface area (Å²) in [4.78, 5) is 15.4. The van der Waals surface area contributed by atoms with Gasteiger partial charge in [0.1, 0.15) is 5.75 Å². The lowest BCUT2D eigenvalue weighted by molar-refractivity contribution is -0.147. The van der Waals surface area contributed by atoms with E-state index in [2.05, 4.69) is 29.5 Å². The smallest absolute Gasteiger partial charge is 0.309 e. The highest BCUT2D eigenvalue weighted by molar-refractivity contribution is 5.89. The summed E-state index contributed by atoms with van der Waals surface area (Å²) >= 11 is 0. The number of nitrogens with zero attached hydrogens (tertiary/aromatic N) is 2. The van der Waals surface area contributed by atoms with Gasteiger partial charge in [0, 0.05) is 42.7 Å². The van der Waals surface area contributed by atoms with Gasteiger partial charge in [-0.15, -0.1) is 0 Å². The van der Waals surface area contributed by atoms with E-state index in [0.29, 0.717) is 6.04 Å². The summed E-state index contributed by atoms with van der Waals surface area (Å²) in [5, 5.41) is 11.2. The standard InChI is InChI=1S/C21H24N2O3/c1-4-11-9-23-10-15-18-14-7-12(24)5-6-16(14)22(2)20(18)17(23)8-13(11)19(15)21(25)26-3/h4-7,13,15,17,19,24H,8-10H2,1-3H3/t13-,15+,17+,19+/m1/s1. The number of rotatable bonds is 1. The van der Waals surface area contributed by atoms with Crippen LogP contribution in [0.2, 0.25) is 0 Å². The molecule has 3 fully saturated rings. The molecule has 0 amide bonds. The SMILES string of the molecule is CC=C1CN2C[C@H]3c4c(n(C)c5ccc(O)cc45)[C@@H]2C[C@H]1[C@@H]3C(=O)OC. The lowest BCUT2D eigenvalue weighted by Gasteiger charge is -2.40. The van der Waals surface area contributed by atoms with Crippen LogP contribution in [0, 0.1) is 11.8 Å². The van der Waals surface area contributed by atoms with Crippen molar-refractivity contribution in [3.63, 3.8) is 0 Å². The number of hydrogen-bond donors (Lipinski definition) is 1. The number of esters is 1. The largest absolute Gasteiger partial charge is 0.508 e. The molecule has 26 heavy (non-hydrogen) atoms. The zero-order chi connectivity index (χ0) is 18.2. The van der Waals surface area contributed by atoms with Crippen LogP contribution in [0.15, 0.2) is 29.8 Å². The molecule has 3 saturated heterocycles. The quantitative estimate of drug-likeness (QED) is 0.633. The summed E-state index contributed by atoms with van der Waals surface area (Å²) in [5.74, 6) is 0.352. The van der Waals surface area contributed by atoms with E-state index in [1.54, 1.807) is 6.07 Å². The third-order valence-corrected chi connectivity index (χ3v) is 6.88. The van der Waals surface area contributed by atoms with E-state index >= 15 is 0 Å². The summed E-state index contributed by atoms with van der Waals surface area (Å²) in [5.41, 5.74) is 5.04. The van der Waals surface area contributed by atoms with Crippen LogP contribution in [0.3, 0.4) is 0 Å². The molecule has 0 spiro atoms. The predicted molar refractivity (Wildman–Crippen MR) is 99.0 cm³/mol. The molecule has 1 N–H and O–H groups in total.